The second kappa shape index (κ2) is 12.2. The first kappa shape index (κ1) is 23.7. The molecule has 0 bridgehead atoms. The molecule has 1 aromatic heterocycles. The number of nitrogens with one attached hydrogen (secondary N) is 2. The number of hydrogen-bond acceptors (Lipinski definition) is 3. The predicted octanol–water partition coefficient (Wildman–Crippen LogP) is 3.36. The summed E-state index contributed by atoms with van der Waals surface area (Å²) in [6, 6.07) is 13.7. The van der Waals surface area contributed by atoms with E-state index >= 15 is 0 Å². The standard InChI is InChI=1S/C22H34N6.HI/c1-4-23-22(24-14-18(2)15-28-12-8-11-25-28)26-21-13-19(3)27(17-21)16-20-9-6-5-7-10-20;/h5-12,18-19,21H,4,13-17H2,1-3H3,(H2,23,24,26);1H. The van der Waals surface area contributed by atoms with Gasteiger partial charge in [0, 0.05) is 57.2 Å². The molecule has 1 aliphatic rings. The van der Waals surface area contributed by atoms with Gasteiger partial charge in [-0.2, -0.15) is 5.10 Å². The van der Waals surface area contributed by atoms with Gasteiger partial charge in [-0.25, -0.2) is 0 Å². The molecule has 2 aromatic rings. The molecule has 1 saturated heterocycles. The third kappa shape index (κ3) is 7.62. The van der Waals surface area contributed by atoms with Crippen LogP contribution in [0.3, 0.4) is 0 Å². The molecule has 1 aliphatic heterocycles. The fourth-order valence-electron chi connectivity index (χ4n) is 3.79. The monoisotopic (exact) mass is 510 g/mol. The zero-order valence-corrected chi connectivity index (χ0v) is 20.1. The summed E-state index contributed by atoms with van der Waals surface area (Å²) in [7, 11) is 0. The predicted molar refractivity (Wildman–Crippen MR) is 131 cm³/mol. The first-order chi connectivity index (χ1) is 13.6. The molecule has 2 N–H and O–H groups in total. The molecule has 0 saturated carbocycles. The highest BCUT2D eigenvalue weighted by atomic mass is 127. The van der Waals surface area contributed by atoms with Gasteiger partial charge in [-0.3, -0.25) is 14.6 Å². The fraction of sp³-hybridized carbons (Fsp3) is 0.545. The Morgan fingerprint density at radius 2 is 2.07 bits per heavy atom. The van der Waals surface area contributed by atoms with Gasteiger partial charge in [-0.1, -0.05) is 37.3 Å². The van der Waals surface area contributed by atoms with Crippen LogP contribution in [-0.4, -0.2) is 52.4 Å². The van der Waals surface area contributed by atoms with E-state index < -0.39 is 0 Å². The lowest BCUT2D eigenvalue weighted by molar-refractivity contribution is 0.258. The van der Waals surface area contributed by atoms with Gasteiger partial charge in [0.05, 0.1) is 0 Å². The van der Waals surface area contributed by atoms with Gasteiger partial charge in [-0.15, -0.1) is 24.0 Å². The topological polar surface area (TPSA) is 57.5 Å². The molecular formula is C22H35IN6. The first-order valence-corrected chi connectivity index (χ1v) is 10.4. The van der Waals surface area contributed by atoms with Crippen molar-refractivity contribution in [3.63, 3.8) is 0 Å². The number of rotatable bonds is 8. The Morgan fingerprint density at radius 1 is 1.28 bits per heavy atom. The van der Waals surface area contributed by atoms with E-state index in [2.05, 4.69) is 71.7 Å². The molecule has 0 aliphatic carbocycles. The molecule has 3 rings (SSSR count). The molecule has 0 radical (unpaired) electrons. The van der Waals surface area contributed by atoms with E-state index in [4.69, 9.17) is 4.99 Å². The highest BCUT2D eigenvalue weighted by Crippen LogP contribution is 2.20. The van der Waals surface area contributed by atoms with Crippen molar-refractivity contribution in [2.45, 2.75) is 52.4 Å². The Kier molecular flexibility index (Phi) is 9.93. The molecular weight excluding hydrogens is 475 g/mol. The van der Waals surface area contributed by atoms with Gasteiger partial charge in [0.15, 0.2) is 5.96 Å². The van der Waals surface area contributed by atoms with Crippen LogP contribution < -0.4 is 10.6 Å². The van der Waals surface area contributed by atoms with Crippen molar-refractivity contribution in [1.82, 2.24) is 25.3 Å². The van der Waals surface area contributed by atoms with Crippen LogP contribution in [0.1, 0.15) is 32.8 Å². The van der Waals surface area contributed by atoms with E-state index in [1.54, 1.807) is 0 Å². The van der Waals surface area contributed by atoms with Crippen molar-refractivity contribution in [2.24, 2.45) is 10.9 Å². The average molecular weight is 510 g/mol. The maximum Gasteiger partial charge on any atom is 0.191 e. The van der Waals surface area contributed by atoms with Gasteiger partial charge >= 0.3 is 0 Å². The molecule has 7 heteroatoms. The average Bonchev–Trinajstić information content (AvgIpc) is 3.31. The summed E-state index contributed by atoms with van der Waals surface area (Å²) in [6.07, 6.45) is 4.97. The maximum atomic E-state index is 4.83. The van der Waals surface area contributed by atoms with Gasteiger partial charge in [0.2, 0.25) is 0 Å². The molecule has 29 heavy (non-hydrogen) atoms. The van der Waals surface area contributed by atoms with Crippen molar-refractivity contribution < 1.29 is 0 Å². The van der Waals surface area contributed by atoms with Gasteiger partial charge < -0.3 is 10.6 Å². The lowest BCUT2D eigenvalue weighted by atomic mass is 10.2. The number of hydrogen-bond donors (Lipinski definition) is 2. The molecule has 0 spiro atoms. The first-order valence-electron chi connectivity index (χ1n) is 10.4. The summed E-state index contributed by atoms with van der Waals surface area (Å²) in [6.45, 7) is 11.2. The highest BCUT2D eigenvalue weighted by Gasteiger charge is 2.29. The van der Waals surface area contributed by atoms with Crippen molar-refractivity contribution >= 4 is 29.9 Å². The van der Waals surface area contributed by atoms with Crippen molar-refractivity contribution in [3.05, 3.63) is 54.4 Å². The molecule has 6 nitrogen and oxygen atoms in total. The van der Waals surface area contributed by atoms with Crippen molar-refractivity contribution in [3.8, 4) is 0 Å². The number of aromatic nitrogens is 2. The number of aliphatic imine (C=N–C) groups is 1. The summed E-state index contributed by atoms with van der Waals surface area (Å²) in [5.74, 6) is 1.36. The van der Waals surface area contributed by atoms with Gasteiger partial charge in [0.1, 0.15) is 0 Å². The van der Waals surface area contributed by atoms with E-state index in [1.807, 2.05) is 23.1 Å². The summed E-state index contributed by atoms with van der Waals surface area (Å²) in [5, 5.41) is 11.3. The van der Waals surface area contributed by atoms with Crippen LogP contribution in [0.25, 0.3) is 0 Å². The highest BCUT2D eigenvalue weighted by molar-refractivity contribution is 14.0. The summed E-state index contributed by atoms with van der Waals surface area (Å²) >= 11 is 0. The molecule has 3 atom stereocenters. The quantitative estimate of drug-likeness (QED) is 0.325. The van der Waals surface area contributed by atoms with Crippen LogP contribution in [0, 0.1) is 5.92 Å². The second-order valence-electron chi connectivity index (χ2n) is 7.89. The zero-order valence-electron chi connectivity index (χ0n) is 17.8. The van der Waals surface area contributed by atoms with Crippen LogP contribution in [0.15, 0.2) is 53.8 Å². The molecule has 3 unspecified atom stereocenters. The molecule has 2 heterocycles. The number of halogens is 1. The minimum Gasteiger partial charge on any atom is -0.357 e. The smallest absolute Gasteiger partial charge is 0.191 e. The van der Waals surface area contributed by atoms with Crippen LogP contribution in [0.2, 0.25) is 0 Å². The maximum absolute atomic E-state index is 4.83. The van der Waals surface area contributed by atoms with Gasteiger partial charge in [-0.05, 0) is 37.8 Å². The Balaban J connectivity index is 0.00000300. The van der Waals surface area contributed by atoms with E-state index in [0.29, 0.717) is 18.0 Å². The summed E-state index contributed by atoms with van der Waals surface area (Å²) in [5.41, 5.74) is 1.38. The Labute approximate surface area is 192 Å². The SMILES string of the molecule is CCNC(=NCC(C)Cn1cccn1)NC1CC(C)N(Cc2ccccc2)C1.I. The van der Waals surface area contributed by atoms with Gasteiger partial charge in [0.25, 0.3) is 0 Å². The lowest BCUT2D eigenvalue weighted by Gasteiger charge is -2.21. The van der Waals surface area contributed by atoms with Crippen LogP contribution in [0.4, 0.5) is 0 Å². The Hall–Kier alpha value is -1.61. The Bertz CT molecular complexity index is 718. The number of guanidine groups is 1. The van der Waals surface area contributed by atoms with Crippen LogP contribution >= 0.6 is 24.0 Å². The molecule has 160 valence electrons. The zero-order chi connectivity index (χ0) is 19.8. The minimum atomic E-state index is 0. The lowest BCUT2D eigenvalue weighted by Crippen LogP contribution is -2.44. The number of benzene rings is 1. The van der Waals surface area contributed by atoms with Crippen LogP contribution in [0.5, 0.6) is 0 Å². The normalized spacial score (nSPS) is 20.9. The Morgan fingerprint density at radius 3 is 2.76 bits per heavy atom. The largest absolute Gasteiger partial charge is 0.357 e. The van der Waals surface area contributed by atoms with E-state index in [1.165, 1.54) is 5.56 Å². The number of likely N-dealkylation sites (tertiary alicyclic amines) is 1. The number of nitrogens with zero attached hydrogens (tertiary/aromatic N) is 4. The third-order valence-electron chi connectivity index (χ3n) is 5.24. The van der Waals surface area contributed by atoms with E-state index in [9.17, 15) is 0 Å². The minimum absolute atomic E-state index is 0. The van der Waals surface area contributed by atoms with Crippen molar-refractivity contribution in [2.75, 3.05) is 19.6 Å². The van der Waals surface area contributed by atoms with E-state index in [0.717, 1.165) is 45.1 Å². The van der Waals surface area contributed by atoms with Crippen molar-refractivity contribution in [1.29, 1.82) is 0 Å². The second-order valence-corrected chi connectivity index (χ2v) is 7.89. The van der Waals surface area contributed by atoms with Crippen LogP contribution in [-0.2, 0) is 13.1 Å². The summed E-state index contributed by atoms with van der Waals surface area (Å²) in [4.78, 5) is 7.38. The fourth-order valence-corrected chi connectivity index (χ4v) is 3.79. The summed E-state index contributed by atoms with van der Waals surface area (Å²) < 4.78 is 1.97. The molecule has 1 aromatic carbocycles. The van der Waals surface area contributed by atoms with E-state index in [-0.39, 0.29) is 24.0 Å². The molecule has 1 fully saturated rings. The molecule has 0 amide bonds. The third-order valence-corrected chi connectivity index (χ3v) is 5.24.